The van der Waals surface area contributed by atoms with Gasteiger partial charge in [-0.15, -0.1) is 0 Å². The van der Waals surface area contributed by atoms with Gasteiger partial charge in [-0.2, -0.15) is 5.26 Å². The second-order valence-corrected chi connectivity index (χ2v) is 4.96. The molecule has 1 aliphatic heterocycles. The lowest BCUT2D eigenvalue weighted by atomic mass is 9.94. The normalized spacial score (nSPS) is 28.4. The molecule has 2 unspecified atom stereocenters. The zero-order chi connectivity index (χ0) is 10.6. The summed E-state index contributed by atoms with van der Waals surface area (Å²) in [4.78, 5) is 0. The van der Waals surface area contributed by atoms with Gasteiger partial charge in [-0.3, -0.25) is 0 Å². The lowest BCUT2D eigenvalue weighted by Crippen LogP contribution is -2.48. The van der Waals surface area contributed by atoms with Crippen LogP contribution in [0.2, 0.25) is 0 Å². The topological polar surface area (TPSA) is 47.9 Å². The van der Waals surface area contributed by atoms with E-state index < -0.39 is 0 Å². The van der Waals surface area contributed by atoms with Gasteiger partial charge in [0.2, 0.25) is 0 Å². The van der Waals surface area contributed by atoms with Crippen molar-refractivity contribution >= 4 is 0 Å². The summed E-state index contributed by atoms with van der Waals surface area (Å²) in [7, 11) is 0. The average Bonchev–Trinajstić information content (AvgIpc) is 2.17. The number of rotatable bonds is 3. The van der Waals surface area contributed by atoms with Gasteiger partial charge in [-0.25, -0.2) is 0 Å². The molecule has 0 radical (unpaired) electrons. The molecule has 0 spiro atoms. The highest BCUT2D eigenvalue weighted by molar-refractivity contribution is 4.94. The molecule has 0 aromatic carbocycles. The van der Waals surface area contributed by atoms with Crippen LogP contribution in [0.15, 0.2) is 0 Å². The molecule has 3 nitrogen and oxygen atoms in total. The van der Waals surface area contributed by atoms with Gasteiger partial charge < -0.3 is 10.6 Å². The van der Waals surface area contributed by atoms with E-state index >= 15 is 0 Å². The van der Waals surface area contributed by atoms with Gasteiger partial charge in [0.25, 0.3) is 0 Å². The van der Waals surface area contributed by atoms with Crippen molar-refractivity contribution in [2.45, 2.75) is 45.7 Å². The molecule has 0 aromatic rings. The van der Waals surface area contributed by atoms with E-state index in [1.807, 2.05) is 13.8 Å². The molecular formula is C11H21N3. The number of piperidine rings is 1. The van der Waals surface area contributed by atoms with Crippen LogP contribution in [-0.2, 0) is 0 Å². The molecule has 0 amide bonds. The van der Waals surface area contributed by atoms with Crippen LogP contribution >= 0.6 is 0 Å². The summed E-state index contributed by atoms with van der Waals surface area (Å²) in [6, 6.07) is 3.50. The third-order valence-electron chi connectivity index (χ3n) is 2.80. The van der Waals surface area contributed by atoms with Crippen LogP contribution < -0.4 is 10.6 Å². The van der Waals surface area contributed by atoms with E-state index in [1.165, 1.54) is 12.8 Å². The average molecular weight is 195 g/mol. The Hall–Kier alpha value is -0.590. The van der Waals surface area contributed by atoms with Crippen molar-refractivity contribution in [2.75, 3.05) is 13.1 Å². The summed E-state index contributed by atoms with van der Waals surface area (Å²) < 4.78 is 0. The molecular weight excluding hydrogens is 174 g/mol. The Morgan fingerprint density at radius 3 is 2.71 bits per heavy atom. The van der Waals surface area contributed by atoms with E-state index in [1.54, 1.807) is 0 Å². The maximum Gasteiger partial charge on any atom is 0.0697 e. The van der Waals surface area contributed by atoms with Crippen molar-refractivity contribution in [1.29, 1.82) is 5.26 Å². The first-order chi connectivity index (χ1) is 6.53. The molecule has 1 saturated heterocycles. The molecule has 2 atom stereocenters. The van der Waals surface area contributed by atoms with Crippen molar-refractivity contribution in [3.8, 4) is 6.07 Å². The Morgan fingerprint density at radius 1 is 1.50 bits per heavy atom. The van der Waals surface area contributed by atoms with Crippen molar-refractivity contribution in [1.82, 2.24) is 10.6 Å². The second-order valence-electron chi connectivity index (χ2n) is 4.96. The van der Waals surface area contributed by atoms with Crippen LogP contribution in [0.5, 0.6) is 0 Å². The highest BCUT2D eigenvalue weighted by Crippen LogP contribution is 2.13. The molecule has 14 heavy (non-hydrogen) atoms. The summed E-state index contributed by atoms with van der Waals surface area (Å²) in [5.41, 5.74) is -0.247. The van der Waals surface area contributed by atoms with Gasteiger partial charge in [0.1, 0.15) is 0 Å². The lowest BCUT2D eigenvalue weighted by molar-refractivity contribution is 0.312. The Balaban J connectivity index is 2.23. The van der Waals surface area contributed by atoms with E-state index in [-0.39, 0.29) is 5.41 Å². The monoisotopic (exact) mass is 195 g/mol. The maximum atomic E-state index is 8.86. The zero-order valence-electron chi connectivity index (χ0n) is 9.43. The first-order valence-electron chi connectivity index (χ1n) is 5.41. The number of nitrogens with one attached hydrogen (secondary N) is 2. The molecule has 3 heteroatoms. The minimum Gasteiger partial charge on any atom is -0.313 e. The van der Waals surface area contributed by atoms with Crippen LogP contribution in [0, 0.1) is 16.7 Å². The summed E-state index contributed by atoms with van der Waals surface area (Å²) in [6.07, 6.45) is 2.44. The fourth-order valence-corrected chi connectivity index (χ4v) is 1.61. The summed E-state index contributed by atoms with van der Waals surface area (Å²) in [5, 5.41) is 15.7. The van der Waals surface area contributed by atoms with E-state index in [9.17, 15) is 0 Å². The molecule has 1 heterocycles. The molecule has 1 fully saturated rings. The predicted molar refractivity (Wildman–Crippen MR) is 57.9 cm³/mol. The summed E-state index contributed by atoms with van der Waals surface area (Å²) in [6.45, 7) is 7.97. The van der Waals surface area contributed by atoms with E-state index in [0.717, 1.165) is 13.1 Å². The van der Waals surface area contributed by atoms with Gasteiger partial charge in [0.05, 0.1) is 11.5 Å². The number of hydrogen-bond donors (Lipinski definition) is 2. The second kappa shape index (κ2) is 4.77. The van der Waals surface area contributed by atoms with Gasteiger partial charge in [-0.05, 0) is 33.6 Å². The van der Waals surface area contributed by atoms with Crippen LogP contribution in [0.4, 0.5) is 0 Å². The third-order valence-corrected chi connectivity index (χ3v) is 2.80. The zero-order valence-corrected chi connectivity index (χ0v) is 9.43. The van der Waals surface area contributed by atoms with E-state index in [2.05, 4.69) is 23.6 Å². The maximum absolute atomic E-state index is 8.86. The van der Waals surface area contributed by atoms with Gasteiger partial charge in [0, 0.05) is 25.2 Å². The standard InChI is InChI=1S/C11H21N3/c1-9-4-5-10(6-13-9)14-8-11(2,3)7-12/h9-10,13-14H,4-6,8H2,1-3H3. The van der Waals surface area contributed by atoms with Crippen molar-refractivity contribution in [3.05, 3.63) is 0 Å². The highest BCUT2D eigenvalue weighted by Gasteiger charge is 2.21. The minimum atomic E-state index is -0.247. The number of nitriles is 1. The molecule has 0 bridgehead atoms. The molecule has 2 N–H and O–H groups in total. The number of hydrogen-bond acceptors (Lipinski definition) is 3. The Labute approximate surface area is 86.9 Å². The summed E-state index contributed by atoms with van der Waals surface area (Å²) in [5.74, 6) is 0. The smallest absolute Gasteiger partial charge is 0.0697 e. The first kappa shape index (κ1) is 11.5. The van der Waals surface area contributed by atoms with Crippen molar-refractivity contribution in [2.24, 2.45) is 5.41 Å². The Kier molecular flexibility index (Phi) is 3.91. The first-order valence-corrected chi connectivity index (χ1v) is 5.41. The van der Waals surface area contributed by atoms with Crippen LogP contribution in [-0.4, -0.2) is 25.2 Å². The van der Waals surface area contributed by atoms with Crippen LogP contribution in [0.25, 0.3) is 0 Å². The van der Waals surface area contributed by atoms with E-state index in [4.69, 9.17) is 5.26 Å². The van der Waals surface area contributed by atoms with Crippen molar-refractivity contribution < 1.29 is 0 Å². The third kappa shape index (κ3) is 3.65. The molecule has 1 rings (SSSR count). The largest absolute Gasteiger partial charge is 0.313 e. The van der Waals surface area contributed by atoms with Crippen LogP contribution in [0.3, 0.4) is 0 Å². The quantitative estimate of drug-likeness (QED) is 0.713. The van der Waals surface area contributed by atoms with Gasteiger partial charge in [0.15, 0.2) is 0 Å². The summed E-state index contributed by atoms with van der Waals surface area (Å²) >= 11 is 0. The molecule has 1 aliphatic rings. The Bertz CT molecular complexity index is 209. The van der Waals surface area contributed by atoms with E-state index in [0.29, 0.717) is 12.1 Å². The van der Waals surface area contributed by atoms with Gasteiger partial charge >= 0.3 is 0 Å². The molecule has 0 aliphatic carbocycles. The Morgan fingerprint density at radius 2 is 2.21 bits per heavy atom. The lowest BCUT2D eigenvalue weighted by Gasteiger charge is -2.30. The molecule has 0 saturated carbocycles. The fourth-order valence-electron chi connectivity index (χ4n) is 1.61. The number of nitrogens with zero attached hydrogens (tertiary/aromatic N) is 1. The SMILES string of the molecule is CC1CCC(NCC(C)(C)C#N)CN1. The molecule has 0 aromatic heterocycles. The van der Waals surface area contributed by atoms with Crippen molar-refractivity contribution in [3.63, 3.8) is 0 Å². The minimum absolute atomic E-state index is 0.247. The highest BCUT2D eigenvalue weighted by atomic mass is 15.0. The van der Waals surface area contributed by atoms with Gasteiger partial charge in [-0.1, -0.05) is 0 Å². The fraction of sp³-hybridized carbons (Fsp3) is 0.909. The van der Waals surface area contributed by atoms with Crippen LogP contribution in [0.1, 0.15) is 33.6 Å². The molecule has 80 valence electrons. The predicted octanol–water partition coefficient (Wildman–Crippen LogP) is 1.27.